The van der Waals surface area contributed by atoms with Crippen LogP contribution in [0.4, 0.5) is 0 Å². The van der Waals surface area contributed by atoms with E-state index < -0.39 is 11.1 Å². The summed E-state index contributed by atoms with van der Waals surface area (Å²) in [5.41, 5.74) is -0.780. The van der Waals surface area contributed by atoms with Crippen LogP contribution in [0.5, 0.6) is 0 Å². The largest absolute Gasteiger partial charge is 0.462 e. The quantitative estimate of drug-likeness (QED) is 0.794. The molecule has 1 N–H and O–H groups in total. The number of hydroxylamine groups is 2. The average Bonchev–Trinajstić information content (AvgIpc) is 2.78. The van der Waals surface area contributed by atoms with Crippen LogP contribution >= 0.6 is 12.4 Å². The Balaban J connectivity index is 0.00000200. The maximum absolute atomic E-state index is 12.0. The molecule has 0 aromatic heterocycles. The number of carbonyl (C=O) groups is 1. The lowest BCUT2D eigenvalue weighted by molar-refractivity contribution is -0.260. The number of rotatable bonds is 2. The van der Waals surface area contributed by atoms with Gasteiger partial charge < -0.3 is 14.7 Å². The molecule has 2 fully saturated rings. The summed E-state index contributed by atoms with van der Waals surface area (Å²) in [6, 6.07) is 0. The van der Waals surface area contributed by atoms with E-state index in [2.05, 4.69) is 0 Å². The van der Waals surface area contributed by atoms with Gasteiger partial charge in [-0.15, -0.1) is 12.4 Å². The first-order valence-corrected chi connectivity index (χ1v) is 7.00. The number of esters is 1. The van der Waals surface area contributed by atoms with Crippen molar-refractivity contribution in [1.29, 1.82) is 0 Å². The Kier molecular flexibility index (Phi) is 5.46. The SMILES string of the molecule is CC1(C)CC(OC(=O)C2CCOC2)CC(C)(C)N1O.Cl. The van der Waals surface area contributed by atoms with Crippen molar-refractivity contribution in [2.24, 2.45) is 5.92 Å². The second-order valence-corrected chi connectivity index (χ2v) is 6.96. The minimum atomic E-state index is -0.390. The van der Waals surface area contributed by atoms with Crippen LogP contribution < -0.4 is 0 Å². The minimum absolute atomic E-state index is 0. The second-order valence-electron chi connectivity index (χ2n) is 6.96. The number of halogens is 1. The minimum Gasteiger partial charge on any atom is -0.462 e. The van der Waals surface area contributed by atoms with Gasteiger partial charge in [0.1, 0.15) is 6.10 Å². The number of ether oxygens (including phenoxy) is 2. The van der Waals surface area contributed by atoms with Crippen molar-refractivity contribution in [2.75, 3.05) is 13.2 Å². The molecule has 0 bridgehead atoms. The van der Waals surface area contributed by atoms with Crippen molar-refractivity contribution >= 4 is 18.4 Å². The molecule has 0 amide bonds. The lowest BCUT2D eigenvalue weighted by Crippen LogP contribution is -2.60. The Bertz CT molecular complexity index is 335. The highest BCUT2D eigenvalue weighted by Crippen LogP contribution is 2.38. The molecule has 6 heteroatoms. The van der Waals surface area contributed by atoms with Crippen LogP contribution in [0, 0.1) is 5.92 Å². The van der Waals surface area contributed by atoms with E-state index in [1.54, 1.807) is 0 Å². The van der Waals surface area contributed by atoms with Crippen LogP contribution in [-0.4, -0.2) is 46.6 Å². The highest BCUT2D eigenvalue weighted by Gasteiger charge is 2.46. The van der Waals surface area contributed by atoms with Crippen LogP contribution in [0.1, 0.15) is 47.0 Å². The van der Waals surface area contributed by atoms with Crippen molar-refractivity contribution < 1.29 is 19.5 Å². The fraction of sp³-hybridized carbons (Fsp3) is 0.929. The number of hydrogen-bond donors (Lipinski definition) is 1. The molecule has 2 aliphatic heterocycles. The van der Waals surface area contributed by atoms with Crippen LogP contribution in [0.3, 0.4) is 0 Å². The average molecular weight is 308 g/mol. The van der Waals surface area contributed by atoms with Crippen molar-refractivity contribution in [3.8, 4) is 0 Å². The van der Waals surface area contributed by atoms with E-state index in [0.29, 0.717) is 26.1 Å². The molecule has 2 saturated heterocycles. The molecule has 1 atom stereocenters. The Hall–Kier alpha value is -0.360. The number of hydrogen-bond acceptors (Lipinski definition) is 5. The molecule has 0 aromatic rings. The van der Waals surface area contributed by atoms with Crippen LogP contribution in [0.15, 0.2) is 0 Å². The van der Waals surface area contributed by atoms with Crippen LogP contribution in [0.2, 0.25) is 0 Å². The summed E-state index contributed by atoms with van der Waals surface area (Å²) in [6.45, 7) is 8.98. The molecule has 2 aliphatic rings. The zero-order valence-electron chi connectivity index (χ0n) is 12.7. The zero-order valence-corrected chi connectivity index (χ0v) is 13.5. The fourth-order valence-electron chi connectivity index (χ4n) is 3.24. The van der Waals surface area contributed by atoms with E-state index in [-0.39, 0.29) is 30.4 Å². The monoisotopic (exact) mass is 307 g/mol. The molecule has 118 valence electrons. The first-order valence-electron chi connectivity index (χ1n) is 7.00. The van der Waals surface area contributed by atoms with Gasteiger partial charge in [-0.2, -0.15) is 5.06 Å². The Morgan fingerprint density at radius 3 is 2.25 bits per heavy atom. The second kappa shape index (κ2) is 6.18. The van der Waals surface area contributed by atoms with Gasteiger partial charge in [0.2, 0.25) is 0 Å². The predicted octanol–water partition coefficient (Wildman–Crippen LogP) is 2.40. The van der Waals surface area contributed by atoms with Crippen molar-refractivity contribution in [3.05, 3.63) is 0 Å². The van der Waals surface area contributed by atoms with Gasteiger partial charge in [-0.25, -0.2) is 0 Å². The molecule has 2 heterocycles. The van der Waals surface area contributed by atoms with Gasteiger partial charge in [0.05, 0.1) is 12.5 Å². The summed E-state index contributed by atoms with van der Waals surface area (Å²) in [6.07, 6.45) is 1.91. The third-order valence-corrected chi connectivity index (χ3v) is 4.15. The number of piperidine rings is 1. The van der Waals surface area contributed by atoms with E-state index in [1.807, 2.05) is 27.7 Å². The smallest absolute Gasteiger partial charge is 0.311 e. The lowest BCUT2D eigenvalue weighted by Gasteiger charge is -2.51. The van der Waals surface area contributed by atoms with Gasteiger partial charge in [-0.3, -0.25) is 4.79 Å². The molecule has 0 aliphatic carbocycles. The topological polar surface area (TPSA) is 59.0 Å². The molecular weight excluding hydrogens is 282 g/mol. The zero-order chi connectivity index (χ0) is 14.3. The highest BCUT2D eigenvalue weighted by molar-refractivity contribution is 5.85. The van der Waals surface area contributed by atoms with Crippen molar-refractivity contribution in [1.82, 2.24) is 5.06 Å². The summed E-state index contributed by atoms with van der Waals surface area (Å²) < 4.78 is 10.9. The molecule has 20 heavy (non-hydrogen) atoms. The molecule has 0 aromatic carbocycles. The summed E-state index contributed by atoms with van der Waals surface area (Å²) in [7, 11) is 0. The normalized spacial score (nSPS) is 29.8. The molecule has 5 nitrogen and oxygen atoms in total. The molecular formula is C14H26ClNO4. The third-order valence-electron chi connectivity index (χ3n) is 4.15. The summed E-state index contributed by atoms with van der Waals surface area (Å²) in [5, 5.41) is 11.6. The van der Waals surface area contributed by atoms with Gasteiger partial charge in [-0.05, 0) is 34.1 Å². The van der Waals surface area contributed by atoms with Crippen LogP contribution in [-0.2, 0) is 14.3 Å². The van der Waals surface area contributed by atoms with E-state index in [0.717, 1.165) is 6.42 Å². The van der Waals surface area contributed by atoms with E-state index in [1.165, 1.54) is 5.06 Å². The highest BCUT2D eigenvalue weighted by atomic mass is 35.5. The lowest BCUT2D eigenvalue weighted by atomic mass is 9.80. The molecule has 0 spiro atoms. The van der Waals surface area contributed by atoms with Gasteiger partial charge in [0.15, 0.2) is 0 Å². The molecule has 0 saturated carbocycles. The van der Waals surface area contributed by atoms with Gasteiger partial charge in [0, 0.05) is 30.5 Å². The first-order chi connectivity index (χ1) is 8.72. The summed E-state index contributed by atoms with van der Waals surface area (Å²) in [4.78, 5) is 12.0. The number of nitrogens with zero attached hydrogens (tertiary/aromatic N) is 1. The maximum atomic E-state index is 12.0. The molecule has 1 unspecified atom stereocenters. The standard InChI is InChI=1S/C14H25NO4.ClH/c1-13(2)7-11(8-14(3,4)15(13)17)19-12(16)10-5-6-18-9-10;/h10-11,17H,5-9H2,1-4H3;1H. The van der Waals surface area contributed by atoms with E-state index >= 15 is 0 Å². The first kappa shape index (κ1) is 17.7. The Labute approximate surface area is 127 Å². The summed E-state index contributed by atoms with van der Waals surface area (Å²) >= 11 is 0. The van der Waals surface area contributed by atoms with E-state index in [9.17, 15) is 10.0 Å². The number of carbonyl (C=O) groups excluding carboxylic acids is 1. The van der Waals surface area contributed by atoms with Gasteiger partial charge >= 0.3 is 5.97 Å². The van der Waals surface area contributed by atoms with E-state index in [4.69, 9.17) is 9.47 Å². The molecule has 0 radical (unpaired) electrons. The van der Waals surface area contributed by atoms with Crippen molar-refractivity contribution in [3.63, 3.8) is 0 Å². The summed E-state index contributed by atoms with van der Waals surface area (Å²) in [5.74, 6) is -0.265. The van der Waals surface area contributed by atoms with Crippen LogP contribution in [0.25, 0.3) is 0 Å². The Morgan fingerprint density at radius 2 is 1.80 bits per heavy atom. The Morgan fingerprint density at radius 1 is 1.25 bits per heavy atom. The predicted molar refractivity (Wildman–Crippen MR) is 77.1 cm³/mol. The molecule has 2 rings (SSSR count). The maximum Gasteiger partial charge on any atom is 0.311 e. The van der Waals surface area contributed by atoms with Crippen molar-refractivity contribution in [2.45, 2.75) is 64.1 Å². The third kappa shape index (κ3) is 3.64. The van der Waals surface area contributed by atoms with Gasteiger partial charge in [-0.1, -0.05) is 0 Å². The van der Waals surface area contributed by atoms with Gasteiger partial charge in [0.25, 0.3) is 0 Å². The fourth-order valence-corrected chi connectivity index (χ4v) is 3.24.